The first-order valence-corrected chi connectivity index (χ1v) is 30.8. The van der Waals surface area contributed by atoms with Gasteiger partial charge in [-0.15, -0.1) is 0 Å². The van der Waals surface area contributed by atoms with Crippen LogP contribution in [0.5, 0.6) is 0 Å². The predicted octanol–water partition coefficient (Wildman–Crippen LogP) is 4.10. The number of fused-ring (bicyclic) bond motifs is 6. The van der Waals surface area contributed by atoms with E-state index in [1.807, 2.05) is 0 Å². The number of amides is 2. The minimum atomic E-state index is -5.59. The molecule has 1 aliphatic heterocycles. The van der Waals surface area contributed by atoms with Crippen molar-refractivity contribution in [3.8, 4) is 0 Å². The first-order chi connectivity index (χ1) is 34.5. The first kappa shape index (κ1) is 59.2. The Bertz CT molecular complexity index is 2490. The summed E-state index contributed by atoms with van der Waals surface area (Å²) in [6, 6.07) is 0. The quantitative estimate of drug-likeness (QED) is 0.0553. The third-order valence-electron chi connectivity index (χ3n) is 17.0. The zero-order valence-corrected chi connectivity index (χ0v) is 45.8. The van der Waals surface area contributed by atoms with E-state index in [4.69, 9.17) is 19.5 Å². The lowest BCUT2D eigenvalue weighted by molar-refractivity contribution is -0.137. The molecular weight excluding hydrogens is 1050 g/mol. The number of carbonyl (C=O) groups is 3. The minimum absolute atomic E-state index is 0.0326. The van der Waals surface area contributed by atoms with Gasteiger partial charge in [0.2, 0.25) is 11.8 Å². The Balaban J connectivity index is 0.774. The number of anilines is 1. The van der Waals surface area contributed by atoms with Gasteiger partial charge >= 0.3 is 23.5 Å². The summed E-state index contributed by atoms with van der Waals surface area (Å²) >= 11 is 1.18. The van der Waals surface area contributed by atoms with E-state index in [9.17, 15) is 63.0 Å². The maximum Gasteiger partial charge on any atom is 0.481 e. The van der Waals surface area contributed by atoms with Crippen LogP contribution in [0.2, 0.25) is 0 Å². The lowest BCUT2D eigenvalue weighted by atomic mass is 9.44. The van der Waals surface area contributed by atoms with E-state index >= 15 is 0 Å². The molecule has 2 aromatic rings. The second kappa shape index (κ2) is 23.5. The molecule has 7 rings (SSSR count). The van der Waals surface area contributed by atoms with Gasteiger partial charge in [-0.05, 0) is 111 Å². The SMILES string of the molecule is C[C@H](CCC(=O)SCCNC(=O)CCNC(=O)[C@H](O)C(C)(C)COP(=O)(O)OP(=O)(O)OC[C@H]1O[C@@H](n2cnc3c(N)ncnc32)[C@H](O)[C@@H]1OP(=O)(O)O)[C@H]1CCC2C3CCC4C[C@H](O)CC[C@]4(C)C3CC[C@@]21C. The monoisotopic (exact) mass is 1130 g/mol. The van der Waals surface area contributed by atoms with Crippen molar-refractivity contribution < 1.29 is 85.6 Å². The fourth-order valence-electron chi connectivity index (χ4n) is 13.1. The Labute approximate surface area is 434 Å². The van der Waals surface area contributed by atoms with Gasteiger partial charge in [-0.1, -0.05) is 46.4 Å². The highest BCUT2D eigenvalue weighted by molar-refractivity contribution is 8.13. The van der Waals surface area contributed by atoms with Crippen LogP contribution in [0.3, 0.4) is 0 Å². The van der Waals surface area contributed by atoms with E-state index in [0.29, 0.717) is 40.8 Å². The number of hydrogen-bond acceptors (Lipinski definition) is 19. The average Bonchev–Trinajstić information content (AvgIpc) is 4.00. The Morgan fingerprint density at radius 3 is 2.36 bits per heavy atom. The number of thioether (sulfide) groups is 1. The molecule has 6 unspecified atom stereocenters. The summed E-state index contributed by atoms with van der Waals surface area (Å²) in [7, 11) is -16.4. The molecule has 16 atom stereocenters. The molecule has 0 radical (unpaired) electrons. The van der Waals surface area contributed by atoms with Crippen molar-refractivity contribution in [3.63, 3.8) is 0 Å². The van der Waals surface area contributed by atoms with Gasteiger partial charge in [-0.3, -0.25) is 32.5 Å². The highest BCUT2D eigenvalue weighted by Gasteiger charge is 2.61. The van der Waals surface area contributed by atoms with E-state index in [-0.39, 0.29) is 47.7 Å². The molecule has 11 N–H and O–H groups in total. The topological polar surface area (TPSA) is 384 Å². The number of phosphoric ester groups is 3. The van der Waals surface area contributed by atoms with Crippen LogP contribution in [0, 0.1) is 51.8 Å². The summed E-state index contributed by atoms with van der Waals surface area (Å²) < 4.78 is 62.8. The normalized spacial score (nSPS) is 33.6. The van der Waals surface area contributed by atoms with Crippen LogP contribution in [-0.4, -0.2) is 134 Å². The molecule has 5 aliphatic rings. The fourth-order valence-corrected chi connectivity index (χ4v) is 16.6. The van der Waals surface area contributed by atoms with Crippen LogP contribution in [0.15, 0.2) is 12.7 Å². The second-order valence-electron chi connectivity index (χ2n) is 22.1. The molecule has 418 valence electrons. The van der Waals surface area contributed by atoms with Gasteiger partial charge in [-0.25, -0.2) is 28.6 Å². The summed E-state index contributed by atoms with van der Waals surface area (Å²) in [4.78, 5) is 89.7. The van der Waals surface area contributed by atoms with E-state index in [0.717, 1.165) is 60.7 Å². The van der Waals surface area contributed by atoms with Crippen LogP contribution in [0.4, 0.5) is 5.82 Å². The molecular formula is C45H74N7O18P3S. The minimum Gasteiger partial charge on any atom is -0.393 e. The molecule has 29 heteroatoms. The van der Waals surface area contributed by atoms with Gasteiger partial charge in [-0.2, -0.15) is 4.31 Å². The molecule has 4 aliphatic carbocycles. The number of aromatic nitrogens is 4. The maximum absolute atomic E-state index is 12.9. The van der Waals surface area contributed by atoms with Gasteiger partial charge in [0, 0.05) is 37.1 Å². The van der Waals surface area contributed by atoms with Crippen LogP contribution in [0.25, 0.3) is 11.2 Å². The molecule has 2 amide bonds. The number of nitrogens with zero attached hydrogens (tertiary/aromatic N) is 4. The molecule has 5 fully saturated rings. The summed E-state index contributed by atoms with van der Waals surface area (Å²) in [6.45, 7) is 7.92. The number of carbonyl (C=O) groups excluding carboxylic acids is 3. The highest BCUT2D eigenvalue weighted by Crippen LogP contribution is 2.68. The zero-order valence-electron chi connectivity index (χ0n) is 42.3. The Kier molecular flexibility index (Phi) is 18.8. The molecule has 3 heterocycles. The summed E-state index contributed by atoms with van der Waals surface area (Å²) in [5, 5.41) is 37.3. The van der Waals surface area contributed by atoms with E-state index in [1.54, 1.807) is 0 Å². The van der Waals surface area contributed by atoms with Gasteiger partial charge < -0.3 is 56.0 Å². The number of phosphoric acid groups is 3. The maximum atomic E-state index is 12.9. The molecule has 4 saturated carbocycles. The zero-order chi connectivity index (χ0) is 54.2. The van der Waals surface area contributed by atoms with Crippen LogP contribution in [-0.2, 0) is 50.7 Å². The molecule has 2 aromatic heterocycles. The largest absolute Gasteiger partial charge is 0.481 e. The Hall–Kier alpha value is -2.48. The number of rotatable bonds is 23. The lowest BCUT2D eigenvalue weighted by Crippen LogP contribution is -2.54. The molecule has 0 spiro atoms. The number of hydrogen-bond donors (Lipinski definition) is 10. The third-order valence-corrected chi connectivity index (χ3v) is 21.0. The van der Waals surface area contributed by atoms with Crippen molar-refractivity contribution in [2.75, 3.05) is 37.8 Å². The number of aliphatic hydroxyl groups is 3. The van der Waals surface area contributed by atoms with Crippen molar-refractivity contribution >= 4 is 69.1 Å². The molecule has 74 heavy (non-hydrogen) atoms. The molecule has 0 aromatic carbocycles. The number of ether oxygens (including phenoxy) is 1. The van der Waals surface area contributed by atoms with Crippen molar-refractivity contribution in [2.24, 2.45) is 51.8 Å². The standard InChI is InChI=1S/C45H74N7O18P3S/c1-25(29-9-10-30-28-8-7-26-20-27(53)12-15-44(26,4)31(28)13-16-45(29,30)5)6-11-34(55)74-19-18-47-33(54)14-17-48-41(58)38(57)43(2,3)22-67-73(64,65)70-72(62,63)66-21-32-37(69-71(59,60)61)36(56)42(68-32)52-24-51-35-39(46)49-23-50-40(35)52/h23-32,36-38,42,53,56-57H,6-22H2,1-5H3,(H,47,54)(H,48,58)(H,62,63)(H,64,65)(H2,46,49,50)(H2,59,60,61)/t25-,26?,27-,28?,29-,30?,31?,32-,36-,37-,38+,42-,44+,45-/m1/s1. The fraction of sp³-hybridized carbons (Fsp3) is 0.822. The third kappa shape index (κ3) is 13.7. The van der Waals surface area contributed by atoms with Crippen molar-refractivity contribution in [2.45, 2.75) is 148 Å². The van der Waals surface area contributed by atoms with Crippen LogP contribution in [0.1, 0.15) is 118 Å². The Morgan fingerprint density at radius 2 is 1.64 bits per heavy atom. The number of nitrogens with two attached hydrogens (primary N) is 1. The molecule has 25 nitrogen and oxygen atoms in total. The van der Waals surface area contributed by atoms with Gasteiger partial charge in [0.05, 0.1) is 25.6 Å². The summed E-state index contributed by atoms with van der Waals surface area (Å²) in [5.74, 6) is 2.85. The Morgan fingerprint density at radius 1 is 0.932 bits per heavy atom. The van der Waals surface area contributed by atoms with E-state index in [2.05, 4.69) is 55.2 Å². The van der Waals surface area contributed by atoms with E-state index in [1.165, 1.54) is 64.1 Å². The smallest absolute Gasteiger partial charge is 0.393 e. The number of aliphatic hydroxyl groups excluding tert-OH is 3. The first-order valence-electron chi connectivity index (χ1n) is 25.3. The van der Waals surface area contributed by atoms with Crippen LogP contribution >= 0.6 is 35.2 Å². The molecule has 1 saturated heterocycles. The molecule has 0 bridgehead atoms. The van der Waals surface area contributed by atoms with Crippen molar-refractivity contribution in [3.05, 3.63) is 12.7 Å². The van der Waals surface area contributed by atoms with Crippen LogP contribution < -0.4 is 16.4 Å². The number of imidazole rings is 1. The summed E-state index contributed by atoms with van der Waals surface area (Å²) in [6.07, 6.45) is 4.77. The lowest BCUT2D eigenvalue weighted by Gasteiger charge is -2.61. The summed E-state index contributed by atoms with van der Waals surface area (Å²) in [5.41, 5.74) is 4.93. The van der Waals surface area contributed by atoms with Gasteiger partial charge in [0.15, 0.2) is 22.8 Å². The van der Waals surface area contributed by atoms with Gasteiger partial charge in [0.1, 0.15) is 36.3 Å². The second-order valence-corrected chi connectivity index (χ2v) is 27.5. The van der Waals surface area contributed by atoms with Crippen molar-refractivity contribution in [1.29, 1.82) is 0 Å². The van der Waals surface area contributed by atoms with Gasteiger partial charge in [0.25, 0.3) is 0 Å². The number of nitrogen functional groups attached to an aromatic ring is 1. The van der Waals surface area contributed by atoms with E-state index < -0.39 is 84.6 Å². The van der Waals surface area contributed by atoms with Crippen molar-refractivity contribution in [1.82, 2.24) is 30.2 Å². The number of nitrogens with one attached hydrogen (secondary N) is 2. The predicted molar refractivity (Wildman–Crippen MR) is 267 cm³/mol. The average molecular weight is 1130 g/mol. The highest BCUT2D eigenvalue weighted by atomic mass is 32.2.